The lowest BCUT2D eigenvalue weighted by atomic mass is 9.94. The summed E-state index contributed by atoms with van der Waals surface area (Å²) in [5.41, 5.74) is 0.996. The van der Waals surface area contributed by atoms with E-state index < -0.39 is 0 Å². The van der Waals surface area contributed by atoms with Gasteiger partial charge in [-0.25, -0.2) is 0 Å². The molecule has 3 unspecified atom stereocenters. The summed E-state index contributed by atoms with van der Waals surface area (Å²) >= 11 is 0. The van der Waals surface area contributed by atoms with Crippen LogP contribution in [0.1, 0.15) is 12.8 Å². The summed E-state index contributed by atoms with van der Waals surface area (Å²) < 4.78 is 1.65. The van der Waals surface area contributed by atoms with Crippen LogP contribution in [0.4, 0.5) is 5.69 Å². The van der Waals surface area contributed by atoms with Crippen molar-refractivity contribution in [1.29, 1.82) is 0 Å². The van der Waals surface area contributed by atoms with Gasteiger partial charge in [0.05, 0.1) is 11.9 Å². The monoisotopic (exact) mass is 260 g/mol. The Labute approximate surface area is 113 Å². The highest BCUT2D eigenvalue weighted by Gasteiger charge is 2.35. The molecule has 3 atom stereocenters. The number of carbonyl (C=O) groups excluding carboxylic acids is 1. The van der Waals surface area contributed by atoms with Gasteiger partial charge in [0.1, 0.15) is 6.54 Å². The number of likely N-dealkylation sites (N-methyl/N-ethyl adjacent to an activating group) is 1. The summed E-state index contributed by atoms with van der Waals surface area (Å²) in [6.07, 6.45) is 11.0. The fourth-order valence-corrected chi connectivity index (χ4v) is 3.15. The van der Waals surface area contributed by atoms with Crippen molar-refractivity contribution in [2.75, 3.05) is 18.9 Å². The second-order valence-corrected chi connectivity index (χ2v) is 5.52. The molecule has 1 amide bonds. The van der Waals surface area contributed by atoms with Crippen LogP contribution in [0.25, 0.3) is 0 Å². The summed E-state index contributed by atoms with van der Waals surface area (Å²) in [7, 11) is 1.63. The van der Waals surface area contributed by atoms with Crippen molar-refractivity contribution in [3.05, 3.63) is 24.5 Å². The van der Waals surface area contributed by atoms with Crippen molar-refractivity contribution in [2.24, 2.45) is 17.8 Å². The number of nitrogens with one attached hydrogen (secondary N) is 2. The average molecular weight is 260 g/mol. The Bertz CT molecular complexity index is 493. The molecule has 1 saturated carbocycles. The molecule has 2 aliphatic carbocycles. The van der Waals surface area contributed by atoms with Crippen molar-refractivity contribution >= 4 is 11.6 Å². The highest BCUT2D eigenvalue weighted by Crippen LogP contribution is 2.43. The molecule has 0 spiro atoms. The fraction of sp³-hybridized carbons (Fsp3) is 0.571. The molecular formula is C14H20N4O. The number of carbonyl (C=O) groups is 1. The standard InChI is InChI=1S/C14H20N4O/c1-15-14(19)9-18-8-13(7-17-18)16-6-12-5-10-2-3-11(12)4-10/h2-3,7-8,10-12,16H,4-6,9H2,1H3,(H,15,19). The van der Waals surface area contributed by atoms with Gasteiger partial charge < -0.3 is 10.6 Å². The molecule has 2 N–H and O–H groups in total. The topological polar surface area (TPSA) is 59.0 Å². The van der Waals surface area contributed by atoms with Gasteiger partial charge in [0, 0.05) is 19.8 Å². The quantitative estimate of drug-likeness (QED) is 0.783. The van der Waals surface area contributed by atoms with Crippen LogP contribution in [0.3, 0.4) is 0 Å². The smallest absolute Gasteiger partial charge is 0.241 e. The summed E-state index contributed by atoms with van der Waals surface area (Å²) in [4.78, 5) is 11.2. The number of nitrogens with zero attached hydrogens (tertiary/aromatic N) is 2. The SMILES string of the molecule is CNC(=O)Cn1cc(NCC2CC3C=CC2C3)cn1. The van der Waals surface area contributed by atoms with Crippen molar-refractivity contribution in [3.8, 4) is 0 Å². The first-order valence-electron chi connectivity index (χ1n) is 6.90. The van der Waals surface area contributed by atoms with Gasteiger partial charge in [0.15, 0.2) is 0 Å². The third-order valence-corrected chi connectivity index (χ3v) is 4.20. The summed E-state index contributed by atoms with van der Waals surface area (Å²) in [5.74, 6) is 2.29. The Balaban J connectivity index is 1.50. The Morgan fingerprint density at radius 3 is 3.05 bits per heavy atom. The minimum Gasteiger partial charge on any atom is -0.382 e. The van der Waals surface area contributed by atoms with Gasteiger partial charge in [-0.05, 0) is 30.6 Å². The average Bonchev–Trinajstić information content (AvgIpc) is 3.12. The van der Waals surface area contributed by atoms with Crippen molar-refractivity contribution in [2.45, 2.75) is 19.4 Å². The van der Waals surface area contributed by atoms with E-state index in [1.807, 2.05) is 6.20 Å². The number of rotatable bonds is 5. The maximum Gasteiger partial charge on any atom is 0.241 e. The molecule has 2 aliphatic rings. The van der Waals surface area contributed by atoms with Crippen molar-refractivity contribution in [3.63, 3.8) is 0 Å². The Kier molecular flexibility index (Phi) is 3.27. The van der Waals surface area contributed by atoms with Gasteiger partial charge in [-0.2, -0.15) is 5.10 Å². The molecule has 5 nitrogen and oxygen atoms in total. The number of amides is 1. The van der Waals surface area contributed by atoms with Gasteiger partial charge in [0.25, 0.3) is 0 Å². The molecule has 1 aromatic rings. The van der Waals surface area contributed by atoms with E-state index in [0.717, 1.165) is 30.0 Å². The van der Waals surface area contributed by atoms with E-state index in [9.17, 15) is 4.79 Å². The van der Waals surface area contributed by atoms with Gasteiger partial charge in [-0.3, -0.25) is 9.48 Å². The number of anilines is 1. The maximum absolute atomic E-state index is 11.2. The van der Waals surface area contributed by atoms with E-state index >= 15 is 0 Å². The summed E-state index contributed by atoms with van der Waals surface area (Å²) in [6.45, 7) is 1.27. The highest BCUT2D eigenvalue weighted by molar-refractivity contribution is 5.75. The lowest BCUT2D eigenvalue weighted by Crippen LogP contribution is -2.23. The van der Waals surface area contributed by atoms with Gasteiger partial charge in [0.2, 0.25) is 5.91 Å². The van der Waals surface area contributed by atoms with Crippen LogP contribution in [0.5, 0.6) is 0 Å². The van der Waals surface area contributed by atoms with E-state index in [2.05, 4.69) is 27.9 Å². The van der Waals surface area contributed by atoms with Crippen LogP contribution < -0.4 is 10.6 Å². The lowest BCUT2D eigenvalue weighted by molar-refractivity contribution is -0.121. The number of hydrogen-bond acceptors (Lipinski definition) is 3. The van der Waals surface area contributed by atoms with Gasteiger partial charge in [-0.15, -0.1) is 0 Å². The zero-order chi connectivity index (χ0) is 13.2. The molecule has 0 saturated heterocycles. The van der Waals surface area contributed by atoms with E-state index in [-0.39, 0.29) is 12.5 Å². The first kappa shape index (κ1) is 12.3. The van der Waals surface area contributed by atoms with E-state index in [4.69, 9.17) is 0 Å². The fourth-order valence-electron chi connectivity index (χ4n) is 3.15. The van der Waals surface area contributed by atoms with Crippen LogP contribution in [0.2, 0.25) is 0 Å². The first-order valence-corrected chi connectivity index (χ1v) is 6.90. The van der Waals surface area contributed by atoms with Gasteiger partial charge in [-0.1, -0.05) is 12.2 Å². The number of aromatic nitrogens is 2. The van der Waals surface area contributed by atoms with Crippen LogP contribution in [0.15, 0.2) is 24.5 Å². The second kappa shape index (κ2) is 5.07. The molecule has 0 aromatic carbocycles. The predicted molar refractivity (Wildman–Crippen MR) is 73.6 cm³/mol. The van der Waals surface area contributed by atoms with Crippen LogP contribution in [-0.2, 0) is 11.3 Å². The zero-order valence-electron chi connectivity index (χ0n) is 11.2. The van der Waals surface area contributed by atoms with Crippen LogP contribution in [0, 0.1) is 17.8 Å². The third-order valence-electron chi connectivity index (χ3n) is 4.20. The molecule has 1 fully saturated rings. The highest BCUT2D eigenvalue weighted by atomic mass is 16.1. The normalized spacial score (nSPS) is 27.7. The van der Waals surface area contributed by atoms with E-state index in [1.165, 1.54) is 12.8 Å². The van der Waals surface area contributed by atoms with Crippen LogP contribution >= 0.6 is 0 Å². The summed E-state index contributed by atoms with van der Waals surface area (Å²) in [6, 6.07) is 0. The first-order chi connectivity index (χ1) is 9.24. The van der Waals surface area contributed by atoms with Gasteiger partial charge >= 0.3 is 0 Å². The molecule has 3 rings (SSSR count). The molecular weight excluding hydrogens is 240 g/mol. The molecule has 1 aromatic heterocycles. The van der Waals surface area contributed by atoms with E-state index in [1.54, 1.807) is 17.9 Å². The zero-order valence-corrected chi connectivity index (χ0v) is 11.2. The van der Waals surface area contributed by atoms with Crippen LogP contribution in [-0.4, -0.2) is 29.3 Å². The predicted octanol–water partition coefficient (Wildman–Crippen LogP) is 1.25. The third kappa shape index (κ3) is 2.64. The number of hydrogen-bond donors (Lipinski definition) is 2. The van der Waals surface area contributed by atoms with Crippen molar-refractivity contribution < 1.29 is 4.79 Å². The largest absolute Gasteiger partial charge is 0.382 e. The Hall–Kier alpha value is -1.78. The van der Waals surface area contributed by atoms with E-state index in [0.29, 0.717) is 0 Å². The Morgan fingerprint density at radius 2 is 2.37 bits per heavy atom. The molecule has 2 bridgehead atoms. The summed E-state index contributed by atoms with van der Waals surface area (Å²) in [5, 5.41) is 10.2. The lowest BCUT2D eigenvalue weighted by Gasteiger charge is -2.18. The number of fused-ring (bicyclic) bond motifs is 2. The molecule has 1 heterocycles. The number of allylic oxidation sites excluding steroid dienone is 2. The molecule has 19 heavy (non-hydrogen) atoms. The molecule has 5 heteroatoms. The Morgan fingerprint density at radius 1 is 1.47 bits per heavy atom. The minimum atomic E-state index is -0.0344. The molecule has 0 aliphatic heterocycles. The molecule has 102 valence electrons. The van der Waals surface area contributed by atoms with Crippen molar-refractivity contribution in [1.82, 2.24) is 15.1 Å². The second-order valence-electron chi connectivity index (χ2n) is 5.52. The minimum absolute atomic E-state index is 0.0344. The maximum atomic E-state index is 11.2. The molecule has 0 radical (unpaired) electrons.